The van der Waals surface area contributed by atoms with E-state index in [0.29, 0.717) is 0 Å². The summed E-state index contributed by atoms with van der Waals surface area (Å²) in [6.07, 6.45) is 15.7. The van der Waals surface area contributed by atoms with Crippen LogP contribution in [-0.2, 0) is 0 Å². The Morgan fingerprint density at radius 3 is 1.00 bits per heavy atom. The fourth-order valence-electron chi connectivity index (χ4n) is 4.50. The van der Waals surface area contributed by atoms with Crippen molar-refractivity contribution in [3.8, 4) is 0 Å². The van der Waals surface area contributed by atoms with Gasteiger partial charge in [-0.05, 0) is 49.4 Å². The molecular formula is C12H20. The van der Waals surface area contributed by atoms with E-state index in [1.165, 1.54) is 0 Å². The Hall–Kier alpha value is 0. The second-order valence-electron chi connectivity index (χ2n) is 5.47. The van der Waals surface area contributed by atoms with Crippen LogP contribution in [0.3, 0.4) is 0 Å². The number of hydrogen-bond donors (Lipinski definition) is 0. The SMILES string of the molecule is C1CCC23CCCCC2(C1)CC3. The predicted molar refractivity (Wildman–Crippen MR) is 51.0 cm³/mol. The van der Waals surface area contributed by atoms with Gasteiger partial charge in [0.2, 0.25) is 0 Å². The molecule has 0 aromatic carbocycles. The van der Waals surface area contributed by atoms with Crippen LogP contribution in [0.25, 0.3) is 0 Å². The van der Waals surface area contributed by atoms with Crippen molar-refractivity contribution >= 4 is 0 Å². The van der Waals surface area contributed by atoms with Gasteiger partial charge in [-0.1, -0.05) is 25.7 Å². The molecular weight excluding hydrogens is 144 g/mol. The van der Waals surface area contributed by atoms with Crippen molar-refractivity contribution in [2.45, 2.75) is 64.2 Å². The van der Waals surface area contributed by atoms with Gasteiger partial charge < -0.3 is 0 Å². The molecule has 3 saturated carbocycles. The summed E-state index contributed by atoms with van der Waals surface area (Å²) in [4.78, 5) is 0. The highest BCUT2D eigenvalue weighted by atomic mass is 14.6. The van der Waals surface area contributed by atoms with E-state index in [2.05, 4.69) is 0 Å². The Labute approximate surface area is 75.7 Å². The van der Waals surface area contributed by atoms with E-state index in [1.54, 1.807) is 64.2 Å². The highest BCUT2D eigenvalue weighted by molar-refractivity contribution is 5.09. The summed E-state index contributed by atoms with van der Waals surface area (Å²) in [5.74, 6) is 0. The number of rotatable bonds is 0. The minimum atomic E-state index is 0.892. The summed E-state index contributed by atoms with van der Waals surface area (Å²) in [6.45, 7) is 0. The molecule has 0 unspecified atom stereocenters. The van der Waals surface area contributed by atoms with E-state index in [1.807, 2.05) is 0 Å². The van der Waals surface area contributed by atoms with Gasteiger partial charge in [0.1, 0.15) is 0 Å². The number of hydrogen-bond acceptors (Lipinski definition) is 0. The van der Waals surface area contributed by atoms with Crippen molar-refractivity contribution < 1.29 is 0 Å². The second-order valence-corrected chi connectivity index (χ2v) is 5.47. The Bertz CT molecular complexity index is 158. The summed E-state index contributed by atoms with van der Waals surface area (Å²) in [7, 11) is 0. The fourth-order valence-corrected chi connectivity index (χ4v) is 4.50. The van der Waals surface area contributed by atoms with Crippen molar-refractivity contribution in [2.75, 3.05) is 0 Å². The average Bonchev–Trinajstić information content (AvgIpc) is 2.09. The minimum absolute atomic E-state index is 0.892. The van der Waals surface area contributed by atoms with Crippen molar-refractivity contribution in [3.05, 3.63) is 0 Å². The zero-order valence-corrected chi connectivity index (χ0v) is 8.07. The zero-order valence-electron chi connectivity index (χ0n) is 8.07. The van der Waals surface area contributed by atoms with Gasteiger partial charge in [0, 0.05) is 0 Å². The summed E-state index contributed by atoms with van der Waals surface area (Å²) < 4.78 is 0. The van der Waals surface area contributed by atoms with E-state index >= 15 is 0 Å². The first-order valence-electron chi connectivity index (χ1n) is 5.87. The van der Waals surface area contributed by atoms with Gasteiger partial charge in [-0.3, -0.25) is 0 Å². The van der Waals surface area contributed by atoms with Crippen molar-refractivity contribution in [3.63, 3.8) is 0 Å². The van der Waals surface area contributed by atoms with Crippen LogP contribution in [0, 0.1) is 10.8 Å². The molecule has 0 amide bonds. The maximum Gasteiger partial charge on any atom is -0.0241 e. The van der Waals surface area contributed by atoms with Gasteiger partial charge in [0.15, 0.2) is 0 Å². The normalized spacial score (nSPS) is 52.0. The maximum absolute atomic E-state index is 1.59. The molecule has 68 valence electrons. The van der Waals surface area contributed by atoms with Crippen molar-refractivity contribution in [2.24, 2.45) is 10.8 Å². The third kappa shape index (κ3) is 0.701. The molecule has 0 spiro atoms. The molecule has 0 aromatic rings. The first kappa shape index (κ1) is 7.41. The molecule has 3 rings (SSSR count). The second kappa shape index (κ2) is 2.27. The molecule has 0 bridgehead atoms. The summed E-state index contributed by atoms with van der Waals surface area (Å²) in [5.41, 5.74) is 1.78. The van der Waals surface area contributed by atoms with Crippen LogP contribution in [0.1, 0.15) is 64.2 Å². The highest BCUT2D eigenvalue weighted by Crippen LogP contribution is 2.70. The lowest BCUT2D eigenvalue weighted by atomic mass is 9.39. The smallest absolute Gasteiger partial charge is 0.0241 e. The minimum Gasteiger partial charge on any atom is -0.0527 e. The largest absolute Gasteiger partial charge is 0.0527 e. The van der Waals surface area contributed by atoms with Gasteiger partial charge in [-0.2, -0.15) is 0 Å². The topological polar surface area (TPSA) is 0 Å². The summed E-state index contributed by atoms with van der Waals surface area (Å²) in [5, 5.41) is 0. The van der Waals surface area contributed by atoms with Gasteiger partial charge in [-0.25, -0.2) is 0 Å². The Morgan fingerprint density at radius 1 is 0.417 bits per heavy atom. The van der Waals surface area contributed by atoms with Crippen LogP contribution in [-0.4, -0.2) is 0 Å². The lowest BCUT2D eigenvalue weighted by molar-refractivity contribution is -0.148. The first-order chi connectivity index (χ1) is 5.87. The van der Waals surface area contributed by atoms with Crippen molar-refractivity contribution in [1.29, 1.82) is 0 Å². The highest BCUT2D eigenvalue weighted by Gasteiger charge is 2.59. The Balaban J connectivity index is 1.91. The molecule has 0 N–H and O–H groups in total. The van der Waals surface area contributed by atoms with Gasteiger partial charge in [0.25, 0.3) is 0 Å². The molecule has 0 atom stereocenters. The molecule has 3 aliphatic carbocycles. The third-order valence-corrected chi connectivity index (χ3v) is 5.33. The van der Waals surface area contributed by atoms with Crippen LogP contribution in [0.2, 0.25) is 0 Å². The molecule has 0 aromatic heterocycles. The van der Waals surface area contributed by atoms with Gasteiger partial charge in [-0.15, -0.1) is 0 Å². The molecule has 0 saturated heterocycles. The molecule has 0 heterocycles. The third-order valence-electron chi connectivity index (χ3n) is 5.33. The van der Waals surface area contributed by atoms with Crippen LogP contribution >= 0.6 is 0 Å². The van der Waals surface area contributed by atoms with Gasteiger partial charge >= 0.3 is 0 Å². The lowest BCUT2D eigenvalue weighted by Gasteiger charge is -2.65. The molecule has 0 aliphatic heterocycles. The van der Waals surface area contributed by atoms with E-state index in [4.69, 9.17) is 0 Å². The molecule has 3 fully saturated rings. The molecule has 12 heavy (non-hydrogen) atoms. The first-order valence-corrected chi connectivity index (χ1v) is 5.87. The maximum atomic E-state index is 1.59. The fraction of sp³-hybridized carbons (Fsp3) is 1.00. The lowest BCUT2D eigenvalue weighted by Crippen LogP contribution is -2.54. The van der Waals surface area contributed by atoms with Crippen molar-refractivity contribution in [1.82, 2.24) is 0 Å². The standard InChI is InChI=1S/C12H20/c1-2-6-12-8-4-3-7-11(12,5-1)9-10-12/h1-10H2. The average molecular weight is 164 g/mol. The quantitative estimate of drug-likeness (QED) is 0.509. The molecule has 0 nitrogen and oxygen atoms in total. The molecule has 0 heteroatoms. The Kier molecular flexibility index (Phi) is 1.40. The van der Waals surface area contributed by atoms with Crippen LogP contribution in [0.5, 0.6) is 0 Å². The van der Waals surface area contributed by atoms with E-state index < -0.39 is 0 Å². The van der Waals surface area contributed by atoms with E-state index in [-0.39, 0.29) is 0 Å². The summed E-state index contributed by atoms with van der Waals surface area (Å²) >= 11 is 0. The Morgan fingerprint density at radius 2 is 0.750 bits per heavy atom. The molecule has 3 aliphatic rings. The van der Waals surface area contributed by atoms with Crippen LogP contribution in [0.15, 0.2) is 0 Å². The van der Waals surface area contributed by atoms with Crippen LogP contribution < -0.4 is 0 Å². The van der Waals surface area contributed by atoms with E-state index in [9.17, 15) is 0 Å². The monoisotopic (exact) mass is 164 g/mol. The van der Waals surface area contributed by atoms with Gasteiger partial charge in [0.05, 0.1) is 0 Å². The zero-order chi connectivity index (χ0) is 8.07. The van der Waals surface area contributed by atoms with E-state index in [0.717, 1.165) is 10.8 Å². The predicted octanol–water partition coefficient (Wildman–Crippen LogP) is 3.90. The van der Waals surface area contributed by atoms with Crippen LogP contribution in [0.4, 0.5) is 0 Å². The molecule has 0 radical (unpaired) electrons. The summed E-state index contributed by atoms with van der Waals surface area (Å²) in [6, 6.07) is 0.